The van der Waals surface area contributed by atoms with E-state index in [1.54, 1.807) is 0 Å². The molecule has 5 heteroatoms. The number of rotatable bonds is 4. The van der Waals surface area contributed by atoms with Gasteiger partial charge in [-0.05, 0) is 31.2 Å². The number of carbonyl (C=O) groups is 1. The van der Waals surface area contributed by atoms with E-state index < -0.39 is 5.54 Å². The molecule has 22 heavy (non-hydrogen) atoms. The van der Waals surface area contributed by atoms with Gasteiger partial charge in [0, 0.05) is 25.2 Å². The maximum atomic E-state index is 12.4. The van der Waals surface area contributed by atoms with Gasteiger partial charge in [0.15, 0.2) is 0 Å². The third kappa shape index (κ3) is 3.29. The van der Waals surface area contributed by atoms with E-state index in [0.717, 1.165) is 12.8 Å². The predicted molar refractivity (Wildman–Crippen MR) is 89.2 cm³/mol. The zero-order valence-electron chi connectivity index (χ0n) is 12.8. The lowest BCUT2D eigenvalue weighted by Crippen LogP contribution is -2.59. The normalized spacial score (nSPS) is 22.0. The molecular weight excluding hydrogens is 300 g/mol. The zero-order chi connectivity index (χ0) is 14.8. The number of halogens is 1. The fourth-order valence-electron chi connectivity index (χ4n) is 3.35. The van der Waals surface area contributed by atoms with Crippen LogP contribution in [0.25, 0.3) is 0 Å². The number of hydrogen-bond acceptors (Lipinski definition) is 3. The molecule has 1 saturated heterocycles. The summed E-state index contributed by atoms with van der Waals surface area (Å²) in [5.41, 5.74) is 6.93. The van der Waals surface area contributed by atoms with Gasteiger partial charge in [-0.15, -0.1) is 12.4 Å². The van der Waals surface area contributed by atoms with Crippen LogP contribution in [0.2, 0.25) is 0 Å². The first-order valence-electron chi connectivity index (χ1n) is 7.85. The van der Waals surface area contributed by atoms with Gasteiger partial charge in [-0.1, -0.05) is 36.8 Å². The molecule has 0 spiro atoms. The Balaban J connectivity index is 0.00000176. The van der Waals surface area contributed by atoms with Crippen molar-refractivity contribution in [1.29, 1.82) is 0 Å². The fraction of sp³-hybridized carbons (Fsp3) is 0.588. The molecule has 1 amide bonds. The molecule has 0 aromatic heterocycles. The van der Waals surface area contributed by atoms with Crippen LogP contribution < -0.4 is 11.1 Å². The third-order valence-electron chi connectivity index (χ3n) is 5.12. The number of ether oxygens (including phenoxy) is 1. The lowest BCUT2D eigenvalue weighted by Gasteiger charge is -2.43. The Morgan fingerprint density at radius 2 is 1.77 bits per heavy atom. The first-order chi connectivity index (χ1) is 10.1. The average molecular weight is 325 g/mol. The maximum absolute atomic E-state index is 12.4. The van der Waals surface area contributed by atoms with Gasteiger partial charge in [-0.25, -0.2) is 0 Å². The summed E-state index contributed by atoms with van der Waals surface area (Å²) in [7, 11) is 0. The summed E-state index contributed by atoms with van der Waals surface area (Å²) in [6.45, 7) is 1.84. The molecule has 0 bridgehead atoms. The van der Waals surface area contributed by atoms with Crippen LogP contribution in [0.15, 0.2) is 30.3 Å². The van der Waals surface area contributed by atoms with Gasteiger partial charge in [-0.3, -0.25) is 4.79 Å². The molecule has 0 radical (unpaired) electrons. The molecule has 1 saturated carbocycles. The van der Waals surface area contributed by atoms with Crippen LogP contribution in [0.5, 0.6) is 0 Å². The number of hydrogen-bond donors (Lipinski definition) is 2. The second-order valence-electron chi connectivity index (χ2n) is 6.45. The Labute approximate surface area is 138 Å². The van der Waals surface area contributed by atoms with E-state index in [1.165, 1.54) is 12.0 Å². The largest absolute Gasteiger partial charge is 0.381 e. The topological polar surface area (TPSA) is 64.4 Å². The highest BCUT2D eigenvalue weighted by Crippen LogP contribution is 2.43. The van der Waals surface area contributed by atoms with E-state index in [0.29, 0.717) is 32.6 Å². The first-order valence-corrected chi connectivity index (χ1v) is 7.85. The second-order valence-corrected chi connectivity index (χ2v) is 6.45. The Bertz CT molecular complexity index is 497. The molecule has 0 atom stereocenters. The molecule has 0 unspecified atom stereocenters. The standard InChI is InChI=1S/C17H24N2O2.ClH/c18-17(9-11-21-12-10-17)15(20)19-13-16(7-4-8-16)14-5-2-1-3-6-14;/h1-3,5-6H,4,7-13,18H2,(H,19,20);1H. The lowest BCUT2D eigenvalue weighted by molar-refractivity contribution is -0.130. The van der Waals surface area contributed by atoms with Gasteiger partial charge in [0.05, 0.1) is 5.54 Å². The highest BCUT2D eigenvalue weighted by Gasteiger charge is 2.41. The van der Waals surface area contributed by atoms with Gasteiger partial charge in [0.2, 0.25) is 5.91 Å². The zero-order valence-corrected chi connectivity index (χ0v) is 13.7. The predicted octanol–water partition coefficient (Wildman–Crippen LogP) is 2.15. The molecule has 2 fully saturated rings. The molecule has 4 nitrogen and oxygen atoms in total. The number of amides is 1. The summed E-state index contributed by atoms with van der Waals surface area (Å²) in [4.78, 5) is 12.4. The molecule has 3 rings (SSSR count). The third-order valence-corrected chi connectivity index (χ3v) is 5.12. The molecule has 3 N–H and O–H groups in total. The van der Waals surface area contributed by atoms with Crippen LogP contribution in [0.3, 0.4) is 0 Å². The van der Waals surface area contributed by atoms with E-state index in [9.17, 15) is 4.79 Å². The summed E-state index contributed by atoms with van der Waals surface area (Å²) in [5.74, 6) is -0.0204. The van der Waals surface area contributed by atoms with Gasteiger partial charge in [-0.2, -0.15) is 0 Å². The molecule has 1 aliphatic heterocycles. The number of benzene rings is 1. The van der Waals surface area contributed by atoms with Crippen molar-refractivity contribution >= 4 is 18.3 Å². The van der Waals surface area contributed by atoms with E-state index in [2.05, 4.69) is 29.6 Å². The van der Waals surface area contributed by atoms with Gasteiger partial charge in [0.1, 0.15) is 0 Å². The number of carbonyl (C=O) groups excluding carboxylic acids is 1. The van der Waals surface area contributed by atoms with Crippen molar-refractivity contribution in [3.63, 3.8) is 0 Å². The van der Waals surface area contributed by atoms with Crippen LogP contribution >= 0.6 is 12.4 Å². The van der Waals surface area contributed by atoms with Crippen molar-refractivity contribution in [3.8, 4) is 0 Å². The minimum Gasteiger partial charge on any atom is -0.381 e. The fourth-order valence-corrected chi connectivity index (χ4v) is 3.35. The van der Waals surface area contributed by atoms with Crippen molar-refractivity contribution < 1.29 is 9.53 Å². The van der Waals surface area contributed by atoms with Gasteiger partial charge in [0.25, 0.3) is 0 Å². The maximum Gasteiger partial charge on any atom is 0.240 e. The monoisotopic (exact) mass is 324 g/mol. The molecule has 1 aliphatic carbocycles. The van der Waals surface area contributed by atoms with E-state index in [-0.39, 0.29) is 23.7 Å². The first kappa shape index (κ1) is 17.3. The van der Waals surface area contributed by atoms with Crippen molar-refractivity contribution in [1.82, 2.24) is 5.32 Å². The average Bonchev–Trinajstić information content (AvgIpc) is 2.48. The SMILES string of the molecule is Cl.NC1(C(=O)NCC2(c3ccccc3)CCC2)CCOCC1. The molecule has 1 aromatic carbocycles. The summed E-state index contributed by atoms with van der Waals surface area (Å²) >= 11 is 0. The lowest BCUT2D eigenvalue weighted by atomic mass is 9.64. The molecule has 122 valence electrons. The Kier molecular flexibility index (Phi) is 5.48. The summed E-state index contributed by atoms with van der Waals surface area (Å²) in [5, 5.41) is 3.11. The molecular formula is C17H25ClN2O2. The van der Waals surface area contributed by atoms with E-state index in [4.69, 9.17) is 10.5 Å². The van der Waals surface area contributed by atoms with E-state index in [1.807, 2.05) is 6.07 Å². The summed E-state index contributed by atoms with van der Waals surface area (Å²) in [6.07, 6.45) is 4.72. The van der Waals surface area contributed by atoms with Crippen LogP contribution in [0, 0.1) is 0 Å². The van der Waals surface area contributed by atoms with E-state index >= 15 is 0 Å². The van der Waals surface area contributed by atoms with Gasteiger partial charge >= 0.3 is 0 Å². The highest BCUT2D eigenvalue weighted by atomic mass is 35.5. The Morgan fingerprint density at radius 3 is 2.32 bits per heavy atom. The van der Waals surface area contributed by atoms with Crippen molar-refractivity contribution in [2.45, 2.75) is 43.1 Å². The minimum atomic E-state index is -0.750. The molecule has 2 aliphatic rings. The highest BCUT2D eigenvalue weighted by molar-refractivity contribution is 5.86. The van der Waals surface area contributed by atoms with Crippen LogP contribution in [0.1, 0.15) is 37.7 Å². The summed E-state index contributed by atoms with van der Waals surface area (Å²) in [6, 6.07) is 10.5. The van der Waals surface area contributed by atoms with Crippen LogP contribution in [-0.2, 0) is 14.9 Å². The minimum absolute atomic E-state index is 0. The number of nitrogens with two attached hydrogens (primary N) is 1. The van der Waals surface area contributed by atoms with Crippen LogP contribution in [0.4, 0.5) is 0 Å². The van der Waals surface area contributed by atoms with Crippen LogP contribution in [-0.4, -0.2) is 31.2 Å². The quantitative estimate of drug-likeness (QED) is 0.892. The number of nitrogens with one attached hydrogen (secondary N) is 1. The second kappa shape index (κ2) is 6.99. The Hall–Kier alpha value is -1.10. The van der Waals surface area contributed by atoms with Crippen molar-refractivity contribution in [2.24, 2.45) is 5.73 Å². The molecule has 1 aromatic rings. The smallest absolute Gasteiger partial charge is 0.240 e. The van der Waals surface area contributed by atoms with Crippen molar-refractivity contribution in [3.05, 3.63) is 35.9 Å². The molecule has 1 heterocycles. The Morgan fingerprint density at radius 1 is 1.14 bits per heavy atom. The van der Waals surface area contributed by atoms with Gasteiger partial charge < -0.3 is 15.8 Å². The summed E-state index contributed by atoms with van der Waals surface area (Å²) < 4.78 is 5.30. The van der Waals surface area contributed by atoms with Crippen molar-refractivity contribution in [2.75, 3.05) is 19.8 Å².